The Labute approximate surface area is 92.0 Å². The predicted octanol–water partition coefficient (Wildman–Crippen LogP) is 1.48. The summed E-state index contributed by atoms with van der Waals surface area (Å²) in [4.78, 5) is 22.5. The smallest absolute Gasteiger partial charge is 0.268 e. The molecule has 4 nitrogen and oxygen atoms in total. The summed E-state index contributed by atoms with van der Waals surface area (Å²) in [5, 5.41) is 3.51. The van der Waals surface area contributed by atoms with E-state index in [1.165, 1.54) is 17.4 Å². The lowest BCUT2D eigenvalue weighted by Crippen LogP contribution is -2.40. The number of hydrogen-bond acceptors (Lipinski definition) is 3. The van der Waals surface area contributed by atoms with Gasteiger partial charge in [-0.25, -0.2) is 0 Å². The van der Waals surface area contributed by atoms with Crippen LogP contribution in [0, 0.1) is 0 Å². The minimum Gasteiger partial charge on any atom is -0.268 e. The van der Waals surface area contributed by atoms with Crippen LogP contribution >= 0.6 is 11.3 Å². The molecule has 1 heterocycles. The SMILES string of the molecule is CC(C)=CC(=O)NNC(=O)c1ccsc1. The van der Waals surface area contributed by atoms with Crippen LogP contribution < -0.4 is 10.9 Å². The van der Waals surface area contributed by atoms with Crippen LogP contribution in [0.2, 0.25) is 0 Å². The molecule has 0 aromatic carbocycles. The standard InChI is InChI=1S/C10H12N2O2S/c1-7(2)5-9(13)11-12-10(14)8-3-4-15-6-8/h3-6H,1-2H3,(H,11,13)(H,12,14). The number of hydrogen-bond donors (Lipinski definition) is 2. The van der Waals surface area contributed by atoms with Gasteiger partial charge in [-0.2, -0.15) is 11.3 Å². The molecular formula is C10H12N2O2S. The number of amides is 2. The molecule has 0 saturated heterocycles. The third kappa shape index (κ3) is 3.95. The first kappa shape index (κ1) is 11.5. The van der Waals surface area contributed by atoms with E-state index in [0.29, 0.717) is 5.56 Å². The van der Waals surface area contributed by atoms with Gasteiger partial charge in [0.05, 0.1) is 5.56 Å². The van der Waals surface area contributed by atoms with Crippen molar-refractivity contribution in [3.05, 3.63) is 34.0 Å². The lowest BCUT2D eigenvalue weighted by Gasteiger charge is -2.03. The van der Waals surface area contributed by atoms with Gasteiger partial charge in [-0.15, -0.1) is 0 Å². The summed E-state index contributed by atoms with van der Waals surface area (Å²) in [6.07, 6.45) is 1.41. The summed E-state index contributed by atoms with van der Waals surface area (Å²) in [5.74, 6) is -0.648. The summed E-state index contributed by atoms with van der Waals surface area (Å²) in [6, 6.07) is 1.69. The van der Waals surface area contributed by atoms with Crippen molar-refractivity contribution in [1.82, 2.24) is 10.9 Å². The number of allylic oxidation sites excluding steroid dienone is 1. The second-order valence-corrected chi connectivity index (χ2v) is 3.96. The summed E-state index contributed by atoms with van der Waals surface area (Å²) < 4.78 is 0. The second kappa shape index (κ2) is 5.31. The van der Waals surface area contributed by atoms with E-state index in [4.69, 9.17) is 0 Å². The van der Waals surface area contributed by atoms with E-state index in [-0.39, 0.29) is 11.8 Å². The molecular weight excluding hydrogens is 212 g/mol. The normalized spacial score (nSPS) is 9.20. The van der Waals surface area contributed by atoms with Crippen molar-refractivity contribution in [2.75, 3.05) is 0 Å². The molecule has 0 aliphatic carbocycles. The summed E-state index contributed by atoms with van der Waals surface area (Å²) in [5.41, 5.74) is 6.02. The Hall–Kier alpha value is -1.62. The molecule has 0 bridgehead atoms. The van der Waals surface area contributed by atoms with Gasteiger partial charge in [-0.05, 0) is 25.3 Å². The van der Waals surface area contributed by atoms with Crippen molar-refractivity contribution < 1.29 is 9.59 Å². The Morgan fingerprint density at radius 2 is 2.07 bits per heavy atom. The van der Waals surface area contributed by atoms with Crippen LogP contribution in [0.1, 0.15) is 24.2 Å². The summed E-state index contributed by atoms with van der Waals surface area (Å²) >= 11 is 1.43. The molecule has 1 aromatic heterocycles. The predicted molar refractivity (Wildman–Crippen MR) is 59.4 cm³/mol. The maximum atomic E-state index is 11.4. The maximum Gasteiger partial charge on any atom is 0.270 e. The van der Waals surface area contributed by atoms with Crippen molar-refractivity contribution in [3.8, 4) is 0 Å². The molecule has 0 saturated carbocycles. The van der Waals surface area contributed by atoms with Crippen LogP contribution in [0.25, 0.3) is 0 Å². The monoisotopic (exact) mass is 224 g/mol. The highest BCUT2D eigenvalue weighted by Gasteiger charge is 2.05. The average molecular weight is 224 g/mol. The summed E-state index contributed by atoms with van der Waals surface area (Å²) in [6.45, 7) is 3.61. The van der Waals surface area contributed by atoms with E-state index in [2.05, 4.69) is 10.9 Å². The summed E-state index contributed by atoms with van der Waals surface area (Å²) in [7, 11) is 0. The Bertz CT molecular complexity index is 378. The maximum absolute atomic E-state index is 11.4. The molecule has 0 fully saturated rings. The Balaban J connectivity index is 2.42. The minimum atomic E-state index is -0.335. The van der Waals surface area contributed by atoms with E-state index < -0.39 is 0 Å². The Kier molecular flexibility index (Phi) is 4.05. The lowest BCUT2D eigenvalue weighted by atomic mass is 10.3. The molecule has 0 radical (unpaired) electrons. The first-order valence-electron chi connectivity index (χ1n) is 4.37. The molecule has 5 heteroatoms. The van der Waals surface area contributed by atoms with Gasteiger partial charge in [-0.1, -0.05) is 5.57 Å². The fraction of sp³-hybridized carbons (Fsp3) is 0.200. The van der Waals surface area contributed by atoms with E-state index >= 15 is 0 Å². The number of thiophene rings is 1. The molecule has 0 spiro atoms. The van der Waals surface area contributed by atoms with Crippen molar-refractivity contribution in [1.29, 1.82) is 0 Å². The molecule has 2 amide bonds. The second-order valence-electron chi connectivity index (χ2n) is 3.18. The van der Waals surface area contributed by atoms with Gasteiger partial charge in [-0.3, -0.25) is 20.4 Å². The van der Waals surface area contributed by atoms with Gasteiger partial charge in [0.25, 0.3) is 11.8 Å². The van der Waals surface area contributed by atoms with Crippen molar-refractivity contribution in [2.45, 2.75) is 13.8 Å². The van der Waals surface area contributed by atoms with E-state index in [1.54, 1.807) is 30.7 Å². The molecule has 1 rings (SSSR count). The van der Waals surface area contributed by atoms with E-state index in [0.717, 1.165) is 5.57 Å². The Morgan fingerprint density at radius 3 is 2.60 bits per heavy atom. The van der Waals surface area contributed by atoms with E-state index in [9.17, 15) is 9.59 Å². The zero-order chi connectivity index (χ0) is 11.3. The zero-order valence-corrected chi connectivity index (χ0v) is 9.35. The molecule has 0 atom stereocenters. The lowest BCUT2D eigenvalue weighted by molar-refractivity contribution is -0.117. The van der Waals surface area contributed by atoms with Gasteiger partial charge in [0.15, 0.2) is 0 Å². The number of hydrazine groups is 1. The van der Waals surface area contributed by atoms with Crippen LogP contribution in [0.4, 0.5) is 0 Å². The quantitative estimate of drug-likeness (QED) is 0.590. The number of nitrogens with one attached hydrogen (secondary N) is 2. The van der Waals surface area contributed by atoms with Crippen LogP contribution in [0.3, 0.4) is 0 Å². The zero-order valence-electron chi connectivity index (χ0n) is 8.53. The average Bonchev–Trinajstić information content (AvgIpc) is 2.65. The first-order valence-corrected chi connectivity index (χ1v) is 5.31. The third-order valence-electron chi connectivity index (χ3n) is 1.50. The fourth-order valence-electron chi connectivity index (χ4n) is 0.882. The molecule has 0 unspecified atom stereocenters. The fourth-order valence-corrected chi connectivity index (χ4v) is 1.52. The third-order valence-corrected chi connectivity index (χ3v) is 2.19. The van der Waals surface area contributed by atoms with Gasteiger partial charge >= 0.3 is 0 Å². The molecule has 0 aliphatic heterocycles. The molecule has 1 aromatic rings. The number of carbonyl (C=O) groups excluding carboxylic acids is 2. The van der Waals surface area contributed by atoms with Crippen LogP contribution in [-0.2, 0) is 4.79 Å². The Morgan fingerprint density at radius 1 is 1.33 bits per heavy atom. The van der Waals surface area contributed by atoms with Crippen molar-refractivity contribution >= 4 is 23.2 Å². The highest BCUT2D eigenvalue weighted by Crippen LogP contribution is 2.04. The highest BCUT2D eigenvalue weighted by molar-refractivity contribution is 7.08. The van der Waals surface area contributed by atoms with Gasteiger partial charge < -0.3 is 0 Å². The van der Waals surface area contributed by atoms with E-state index in [1.807, 2.05) is 0 Å². The van der Waals surface area contributed by atoms with Crippen LogP contribution in [0.5, 0.6) is 0 Å². The number of rotatable bonds is 2. The number of carbonyl (C=O) groups is 2. The molecule has 80 valence electrons. The van der Waals surface area contributed by atoms with Gasteiger partial charge in [0.2, 0.25) is 0 Å². The molecule has 0 aliphatic rings. The van der Waals surface area contributed by atoms with Crippen LogP contribution in [0.15, 0.2) is 28.5 Å². The van der Waals surface area contributed by atoms with Gasteiger partial charge in [0, 0.05) is 11.5 Å². The topological polar surface area (TPSA) is 58.2 Å². The van der Waals surface area contributed by atoms with Crippen LogP contribution in [-0.4, -0.2) is 11.8 Å². The highest BCUT2D eigenvalue weighted by atomic mass is 32.1. The molecule has 15 heavy (non-hydrogen) atoms. The van der Waals surface area contributed by atoms with Crippen molar-refractivity contribution in [2.24, 2.45) is 0 Å². The van der Waals surface area contributed by atoms with Crippen molar-refractivity contribution in [3.63, 3.8) is 0 Å². The molecule has 2 N–H and O–H groups in total. The minimum absolute atomic E-state index is 0.313. The van der Waals surface area contributed by atoms with Gasteiger partial charge in [0.1, 0.15) is 0 Å². The largest absolute Gasteiger partial charge is 0.270 e. The first-order chi connectivity index (χ1) is 7.09.